The van der Waals surface area contributed by atoms with Crippen molar-refractivity contribution in [3.8, 4) is 0 Å². The van der Waals surface area contributed by atoms with Crippen molar-refractivity contribution < 1.29 is 22.4 Å². The van der Waals surface area contributed by atoms with Crippen LogP contribution < -0.4 is 4.90 Å². The Morgan fingerprint density at radius 1 is 1.00 bits per heavy atom. The minimum Gasteiger partial charge on any atom is -0.369 e. The molecule has 3 rings (SSSR count). The third-order valence-corrected chi connectivity index (χ3v) is 5.44. The molecule has 0 bridgehead atoms. The Bertz CT molecular complexity index is 831. The zero-order valence-electron chi connectivity index (χ0n) is 15.0. The van der Waals surface area contributed by atoms with E-state index in [0.29, 0.717) is 31.6 Å². The van der Waals surface area contributed by atoms with Crippen molar-refractivity contribution in [1.82, 2.24) is 4.90 Å². The van der Waals surface area contributed by atoms with Crippen LogP contribution in [0.2, 0.25) is 0 Å². The summed E-state index contributed by atoms with van der Waals surface area (Å²) in [5.74, 6) is -0.457. The molecule has 1 aliphatic rings. The molecule has 150 valence electrons. The number of anilines is 1. The zero-order valence-corrected chi connectivity index (χ0v) is 16.6. The molecule has 0 amide bonds. The molecule has 0 spiro atoms. The average molecular weight is 459 g/mol. The predicted octanol–water partition coefficient (Wildman–Crippen LogP) is 5.00. The fraction of sp³-hybridized carbons (Fsp3) is 0.350. The largest absolute Gasteiger partial charge is 0.416 e. The molecule has 0 radical (unpaired) electrons. The summed E-state index contributed by atoms with van der Waals surface area (Å²) in [7, 11) is 0. The van der Waals surface area contributed by atoms with Crippen molar-refractivity contribution in [3.63, 3.8) is 0 Å². The maximum Gasteiger partial charge on any atom is 0.416 e. The van der Waals surface area contributed by atoms with E-state index in [4.69, 9.17) is 0 Å². The van der Waals surface area contributed by atoms with Crippen molar-refractivity contribution in [1.29, 1.82) is 0 Å². The lowest BCUT2D eigenvalue weighted by molar-refractivity contribution is -0.137. The highest BCUT2D eigenvalue weighted by Crippen LogP contribution is 2.30. The van der Waals surface area contributed by atoms with E-state index in [1.165, 1.54) is 30.3 Å². The molecule has 1 saturated heterocycles. The van der Waals surface area contributed by atoms with Crippen molar-refractivity contribution in [3.05, 3.63) is 63.9 Å². The van der Waals surface area contributed by atoms with Gasteiger partial charge in [0.2, 0.25) is 0 Å². The molecule has 28 heavy (non-hydrogen) atoms. The maximum atomic E-state index is 13.3. The monoisotopic (exact) mass is 458 g/mol. The highest BCUT2D eigenvalue weighted by Gasteiger charge is 2.30. The van der Waals surface area contributed by atoms with Crippen LogP contribution >= 0.6 is 15.9 Å². The first-order valence-corrected chi connectivity index (χ1v) is 9.66. The SMILES string of the molecule is O=C(CCN1CCN(c2ccc(C(F)(F)F)cc2)CC1)c1ccc(F)c(Br)c1. The molecule has 0 N–H and O–H groups in total. The molecule has 0 unspecified atom stereocenters. The van der Waals surface area contributed by atoms with Crippen LogP contribution in [0, 0.1) is 5.82 Å². The number of halogens is 5. The Balaban J connectivity index is 1.49. The number of nitrogens with zero attached hydrogens (tertiary/aromatic N) is 2. The van der Waals surface area contributed by atoms with Gasteiger partial charge in [0.25, 0.3) is 0 Å². The average Bonchev–Trinajstić information content (AvgIpc) is 2.68. The summed E-state index contributed by atoms with van der Waals surface area (Å²) in [5, 5.41) is 0. The lowest BCUT2D eigenvalue weighted by atomic mass is 10.1. The van der Waals surface area contributed by atoms with Gasteiger partial charge in [-0.25, -0.2) is 4.39 Å². The van der Waals surface area contributed by atoms with Gasteiger partial charge in [0.05, 0.1) is 10.0 Å². The summed E-state index contributed by atoms with van der Waals surface area (Å²) in [6.07, 6.45) is -4.00. The number of Topliss-reactive ketones (excluding diaryl/α,β-unsaturated/α-hetero) is 1. The number of hydrogen-bond donors (Lipinski definition) is 0. The van der Waals surface area contributed by atoms with Crippen LogP contribution in [0.15, 0.2) is 46.9 Å². The van der Waals surface area contributed by atoms with E-state index in [-0.39, 0.29) is 10.3 Å². The second kappa shape index (κ2) is 8.61. The van der Waals surface area contributed by atoms with Crippen LogP contribution in [0.1, 0.15) is 22.3 Å². The molecule has 2 aromatic carbocycles. The smallest absolute Gasteiger partial charge is 0.369 e. The Kier molecular flexibility index (Phi) is 6.40. The van der Waals surface area contributed by atoms with E-state index in [2.05, 4.69) is 20.8 Å². The number of carbonyl (C=O) groups excluding carboxylic acids is 1. The second-order valence-corrected chi connectivity index (χ2v) is 7.53. The molecule has 8 heteroatoms. The van der Waals surface area contributed by atoms with Crippen molar-refractivity contribution >= 4 is 27.4 Å². The number of hydrogen-bond acceptors (Lipinski definition) is 3. The number of benzene rings is 2. The molecule has 0 saturated carbocycles. The first-order valence-electron chi connectivity index (χ1n) is 8.87. The van der Waals surface area contributed by atoms with Gasteiger partial charge in [0.15, 0.2) is 5.78 Å². The molecule has 0 aliphatic carbocycles. The summed E-state index contributed by atoms with van der Waals surface area (Å²) in [6, 6.07) is 9.41. The standard InChI is InChI=1S/C20H19BrF4N2O/c21-17-13-14(1-6-18(17)22)19(28)7-8-26-9-11-27(12-10-26)16-4-2-15(3-5-16)20(23,24)25/h1-6,13H,7-12H2. The fourth-order valence-electron chi connectivity index (χ4n) is 3.16. The molecular formula is C20H19BrF4N2O. The van der Waals surface area contributed by atoms with Gasteiger partial charge in [-0.3, -0.25) is 9.69 Å². The van der Waals surface area contributed by atoms with Crippen LogP contribution in [0.5, 0.6) is 0 Å². The van der Waals surface area contributed by atoms with Crippen molar-refractivity contribution in [2.75, 3.05) is 37.6 Å². The highest BCUT2D eigenvalue weighted by molar-refractivity contribution is 9.10. The number of piperazine rings is 1. The normalized spacial score (nSPS) is 15.7. The van der Waals surface area contributed by atoms with Crippen molar-refractivity contribution in [2.24, 2.45) is 0 Å². The van der Waals surface area contributed by atoms with E-state index in [1.807, 2.05) is 4.90 Å². The quantitative estimate of drug-likeness (QED) is 0.465. The van der Waals surface area contributed by atoms with E-state index in [9.17, 15) is 22.4 Å². The Morgan fingerprint density at radius 2 is 1.64 bits per heavy atom. The third kappa shape index (κ3) is 5.11. The van der Waals surface area contributed by atoms with Crippen molar-refractivity contribution in [2.45, 2.75) is 12.6 Å². The molecule has 1 heterocycles. The molecule has 1 fully saturated rings. The summed E-state index contributed by atoms with van der Waals surface area (Å²) in [6.45, 7) is 3.40. The van der Waals surface area contributed by atoms with Crippen LogP contribution in [0.25, 0.3) is 0 Å². The summed E-state index contributed by atoms with van der Waals surface area (Å²) in [5.41, 5.74) is 0.581. The molecule has 2 aromatic rings. The van der Waals surface area contributed by atoms with E-state index in [1.54, 1.807) is 0 Å². The first-order chi connectivity index (χ1) is 13.2. The minimum atomic E-state index is -4.33. The molecule has 0 atom stereocenters. The van der Waals surface area contributed by atoms with E-state index in [0.717, 1.165) is 30.9 Å². The Hall–Kier alpha value is -1.93. The van der Waals surface area contributed by atoms with Gasteiger partial charge in [0, 0.05) is 50.4 Å². The topological polar surface area (TPSA) is 23.6 Å². The van der Waals surface area contributed by atoms with Gasteiger partial charge in [-0.05, 0) is 58.4 Å². The number of carbonyl (C=O) groups is 1. The van der Waals surface area contributed by atoms with E-state index >= 15 is 0 Å². The molecule has 3 nitrogen and oxygen atoms in total. The first kappa shape index (κ1) is 20.8. The molecule has 1 aliphatic heterocycles. The van der Waals surface area contributed by atoms with Gasteiger partial charge in [-0.15, -0.1) is 0 Å². The van der Waals surface area contributed by atoms with Gasteiger partial charge >= 0.3 is 6.18 Å². The fourth-order valence-corrected chi connectivity index (χ4v) is 3.54. The predicted molar refractivity (Wildman–Crippen MR) is 103 cm³/mol. The lowest BCUT2D eigenvalue weighted by Crippen LogP contribution is -2.46. The van der Waals surface area contributed by atoms with Crippen LogP contribution in [0.3, 0.4) is 0 Å². The number of rotatable bonds is 5. The van der Waals surface area contributed by atoms with Gasteiger partial charge in [-0.2, -0.15) is 13.2 Å². The Morgan fingerprint density at radius 3 is 2.21 bits per heavy atom. The minimum absolute atomic E-state index is 0.0501. The molecule has 0 aromatic heterocycles. The van der Waals surface area contributed by atoms with Crippen LogP contribution in [-0.4, -0.2) is 43.4 Å². The number of alkyl halides is 3. The van der Waals surface area contributed by atoms with Gasteiger partial charge in [0.1, 0.15) is 5.82 Å². The van der Waals surface area contributed by atoms with Crippen LogP contribution in [0.4, 0.5) is 23.2 Å². The maximum absolute atomic E-state index is 13.3. The highest BCUT2D eigenvalue weighted by atomic mass is 79.9. The van der Waals surface area contributed by atoms with Crippen LogP contribution in [-0.2, 0) is 6.18 Å². The Labute approximate surface area is 169 Å². The third-order valence-electron chi connectivity index (χ3n) is 4.83. The number of ketones is 1. The summed E-state index contributed by atoms with van der Waals surface area (Å²) in [4.78, 5) is 16.5. The summed E-state index contributed by atoms with van der Waals surface area (Å²) < 4.78 is 51.5. The second-order valence-electron chi connectivity index (χ2n) is 6.68. The summed E-state index contributed by atoms with van der Waals surface area (Å²) >= 11 is 3.08. The van der Waals surface area contributed by atoms with Gasteiger partial charge < -0.3 is 4.90 Å². The van der Waals surface area contributed by atoms with E-state index < -0.39 is 17.6 Å². The zero-order chi connectivity index (χ0) is 20.3. The molecular weight excluding hydrogens is 440 g/mol. The van der Waals surface area contributed by atoms with Gasteiger partial charge in [-0.1, -0.05) is 0 Å². The lowest BCUT2D eigenvalue weighted by Gasteiger charge is -2.36.